The van der Waals surface area contributed by atoms with E-state index in [-0.39, 0.29) is 5.78 Å². The van der Waals surface area contributed by atoms with Crippen LogP contribution in [0.25, 0.3) is 0 Å². The molecule has 0 radical (unpaired) electrons. The molecule has 0 spiro atoms. The quantitative estimate of drug-likeness (QED) is 0.575. The summed E-state index contributed by atoms with van der Waals surface area (Å²) in [5.41, 5.74) is 1.41. The van der Waals surface area contributed by atoms with Crippen molar-refractivity contribution in [1.82, 2.24) is 0 Å². The lowest BCUT2D eigenvalue weighted by Gasteiger charge is -2.03. The monoisotopic (exact) mass is 168 g/mol. The van der Waals surface area contributed by atoms with E-state index in [1.165, 1.54) is 5.57 Å². The van der Waals surface area contributed by atoms with Gasteiger partial charge in [-0.3, -0.25) is 0 Å². The summed E-state index contributed by atoms with van der Waals surface area (Å²) in [6.45, 7) is 8.20. The molecule has 12 heavy (non-hydrogen) atoms. The van der Waals surface area contributed by atoms with Crippen LogP contribution < -0.4 is 0 Å². The van der Waals surface area contributed by atoms with Crippen LogP contribution in [-0.4, -0.2) is 5.78 Å². The van der Waals surface area contributed by atoms with Crippen molar-refractivity contribution in [3.8, 4) is 0 Å². The molecular weight excluding hydrogens is 148 g/mol. The summed E-state index contributed by atoms with van der Waals surface area (Å²) < 4.78 is 0. The maximum atomic E-state index is 10.6. The number of hydrogen-bond acceptors (Lipinski definition) is 1. The molecule has 0 aliphatic heterocycles. The fourth-order valence-corrected chi connectivity index (χ4v) is 1.25. The SMILES string of the molecule is CC(=O)CC/C=C(/C)CC(C)C. The smallest absolute Gasteiger partial charge is 0.130 e. The second-order valence-corrected chi connectivity index (χ2v) is 3.89. The lowest BCUT2D eigenvalue weighted by Crippen LogP contribution is -1.90. The molecule has 0 fully saturated rings. The molecule has 0 aliphatic rings. The molecule has 0 N–H and O–H groups in total. The van der Waals surface area contributed by atoms with Crippen molar-refractivity contribution in [3.05, 3.63) is 11.6 Å². The van der Waals surface area contributed by atoms with E-state index < -0.39 is 0 Å². The predicted octanol–water partition coefficient (Wildman–Crippen LogP) is 3.35. The standard InChI is InChI=1S/C11H20O/c1-9(2)8-10(3)6-5-7-11(4)12/h6,9H,5,7-8H2,1-4H3/b10-6-. The highest BCUT2D eigenvalue weighted by Gasteiger charge is 1.95. The molecule has 1 heteroatoms. The molecule has 0 saturated carbocycles. The van der Waals surface area contributed by atoms with E-state index in [0.29, 0.717) is 6.42 Å². The van der Waals surface area contributed by atoms with E-state index in [1.54, 1.807) is 6.92 Å². The van der Waals surface area contributed by atoms with Crippen LogP contribution in [0, 0.1) is 5.92 Å². The van der Waals surface area contributed by atoms with E-state index in [9.17, 15) is 4.79 Å². The first-order valence-electron chi connectivity index (χ1n) is 4.67. The lowest BCUT2D eigenvalue weighted by molar-refractivity contribution is -0.116. The molecule has 0 unspecified atom stereocenters. The molecule has 0 amide bonds. The van der Waals surface area contributed by atoms with Gasteiger partial charge in [0.2, 0.25) is 0 Å². The zero-order valence-electron chi connectivity index (χ0n) is 8.68. The van der Waals surface area contributed by atoms with Crippen molar-refractivity contribution in [1.29, 1.82) is 0 Å². The van der Waals surface area contributed by atoms with Gasteiger partial charge in [0.1, 0.15) is 5.78 Å². The van der Waals surface area contributed by atoms with Crippen LogP contribution in [0.2, 0.25) is 0 Å². The Labute approximate surface area is 75.9 Å². The third-order valence-electron chi connectivity index (χ3n) is 1.72. The summed E-state index contributed by atoms with van der Waals surface area (Å²) >= 11 is 0. The topological polar surface area (TPSA) is 17.1 Å². The fraction of sp³-hybridized carbons (Fsp3) is 0.727. The number of carbonyl (C=O) groups is 1. The van der Waals surface area contributed by atoms with E-state index in [0.717, 1.165) is 18.8 Å². The van der Waals surface area contributed by atoms with Crippen molar-refractivity contribution >= 4 is 5.78 Å². The average Bonchev–Trinajstić information content (AvgIpc) is 1.84. The van der Waals surface area contributed by atoms with Gasteiger partial charge in [0.15, 0.2) is 0 Å². The van der Waals surface area contributed by atoms with E-state index >= 15 is 0 Å². The largest absolute Gasteiger partial charge is 0.300 e. The molecule has 0 rings (SSSR count). The Balaban J connectivity index is 3.62. The second kappa shape index (κ2) is 5.99. The zero-order valence-corrected chi connectivity index (χ0v) is 8.68. The number of Topliss-reactive ketones (excluding diaryl/α,β-unsaturated/α-hetero) is 1. The van der Waals surface area contributed by atoms with Crippen LogP contribution in [-0.2, 0) is 4.79 Å². The average molecular weight is 168 g/mol. The van der Waals surface area contributed by atoms with E-state index in [2.05, 4.69) is 26.8 Å². The molecule has 0 saturated heterocycles. The van der Waals surface area contributed by atoms with Crippen molar-refractivity contribution in [3.63, 3.8) is 0 Å². The first-order chi connectivity index (χ1) is 5.52. The van der Waals surface area contributed by atoms with Gasteiger partial charge >= 0.3 is 0 Å². The van der Waals surface area contributed by atoms with Crippen LogP contribution >= 0.6 is 0 Å². The van der Waals surface area contributed by atoms with Crippen molar-refractivity contribution < 1.29 is 4.79 Å². The van der Waals surface area contributed by atoms with Gasteiger partial charge in [0.05, 0.1) is 0 Å². The number of ketones is 1. The summed E-state index contributed by atoms with van der Waals surface area (Å²) in [6.07, 6.45) is 4.93. The predicted molar refractivity (Wildman–Crippen MR) is 53.1 cm³/mol. The minimum atomic E-state index is 0.281. The van der Waals surface area contributed by atoms with Gasteiger partial charge in [-0.05, 0) is 32.6 Å². The van der Waals surface area contributed by atoms with Crippen molar-refractivity contribution in [2.45, 2.75) is 47.0 Å². The molecule has 70 valence electrons. The molecule has 0 atom stereocenters. The molecule has 0 heterocycles. The molecular formula is C11H20O. The minimum Gasteiger partial charge on any atom is -0.300 e. The number of allylic oxidation sites excluding steroid dienone is 2. The first-order valence-corrected chi connectivity index (χ1v) is 4.67. The Morgan fingerprint density at radius 3 is 2.33 bits per heavy atom. The Bertz CT molecular complexity index is 166. The Morgan fingerprint density at radius 1 is 1.33 bits per heavy atom. The summed E-state index contributed by atoms with van der Waals surface area (Å²) in [7, 11) is 0. The maximum Gasteiger partial charge on any atom is 0.130 e. The second-order valence-electron chi connectivity index (χ2n) is 3.89. The van der Waals surface area contributed by atoms with Gasteiger partial charge in [0.25, 0.3) is 0 Å². The van der Waals surface area contributed by atoms with Crippen LogP contribution in [0.5, 0.6) is 0 Å². The Morgan fingerprint density at radius 2 is 1.92 bits per heavy atom. The highest BCUT2D eigenvalue weighted by Crippen LogP contribution is 2.10. The van der Waals surface area contributed by atoms with Crippen LogP contribution in [0.4, 0.5) is 0 Å². The molecule has 0 bridgehead atoms. The summed E-state index contributed by atoms with van der Waals surface area (Å²) in [4.78, 5) is 10.6. The van der Waals surface area contributed by atoms with E-state index in [4.69, 9.17) is 0 Å². The van der Waals surface area contributed by atoms with Gasteiger partial charge < -0.3 is 4.79 Å². The van der Waals surface area contributed by atoms with Crippen molar-refractivity contribution in [2.24, 2.45) is 5.92 Å². The molecule has 0 aromatic heterocycles. The Hall–Kier alpha value is -0.590. The number of carbonyl (C=O) groups excluding carboxylic acids is 1. The summed E-state index contributed by atoms with van der Waals surface area (Å²) in [5, 5.41) is 0. The molecule has 1 nitrogen and oxygen atoms in total. The maximum absolute atomic E-state index is 10.6. The lowest BCUT2D eigenvalue weighted by atomic mass is 10.0. The normalized spacial score (nSPS) is 12.2. The Kier molecular flexibility index (Phi) is 5.69. The fourth-order valence-electron chi connectivity index (χ4n) is 1.25. The first kappa shape index (κ1) is 11.4. The van der Waals surface area contributed by atoms with Crippen LogP contribution in [0.1, 0.15) is 47.0 Å². The van der Waals surface area contributed by atoms with Crippen molar-refractivity contribution in [2.75, 3.05) is 0 Å². The van der Waals surface area contributed by atoms with Gasteiger partial charge in [-0.25, -0.2) is 0 Å². The third kappa shape index (κ3) is 7.52. The number of hydrogen-bond donors (Lipinski definition) is 0. The third-order valence-corrected chi connectivity index (χ3v) is 1.72. The summed E-state index contributed by atoms with van der Waals surface area (Å²) in [6, 6.07) is 0. The summed E-state index contributed by atoms with van der Waals surface area (Å²) in [5.74, 6) is 1.00. The zero-order chi connectivity index (χ0) is 9.56. The van der Waals surface area contributed by atoms with Gasteiger partial charge in [-0.1, -0.05) is 25.5 Å². The minimum absolute atomic E-state index is 0.281. The van der Waals surface area contributed by atoms with Crippen LogP contribution in [0.3, 0.4) is 0 Å². The van der Waals surface area contributed by atoms with Gasteiger partial charge in [-0.2, -0.15) is 0 Å². The van der Waals surface area contributed by atoms with Crippen LogP contribution in [0.15, 0.2) is 11.6 Å². The molecule has 0 aromatic rings. The van der Waals surface area contributed by atoms with Gasteiger partial charge in [-0.15, -0.1) is 0 Å². The highest BCUT2D eigenvalue weighted by molar-refractivity contribution is 5.75. The highest BCUT2D eigenvalue weighted by atomic mass is 16.1. The van der Waals surface area contributed by atoms with E-state index in [1.807, 2.05) is 0 Å². The molecule has 0 aromatic carbocycles. The van der Waals surface area contributed by atoms with Gasteiger partial charge in [0, 0.05) is 6.42 Å². The molecule has 0 aliphatic carbocycles. The number of rotatable bonds is 5.